The predicted octanol–water partition coefficient (Wildman–Crippen LogP) is 2.85. The highest BCUT2D eigenvalue weighted by molar-refractivity contribution is 5.90. The van der Waals surface area contributed by atoms with Gasteiger partial charge in [0.15, 0.2) is 0 Å². The normalized spacial score (nSPS) is 18.3. The highest BCUT2D eigenvalue weighted by atomic mass is 16.5. The quantitative estimate of drug-likeness (QED) is 0.891. The molecule has 22 heavy (non-hydrogen) atoms. The lowest BCUT2D eigenvalue weighted by Crippen LogP contribution is -2.33. The van der Waals surface area contributed by atoms with Crippen molar-refractivity contribution in [2.24, 2.45) is 5.92 Å². The van der Waals surface area contributed by atoms with E-state index in [2.05, 4.69) is 5.32 Å². The van der Waals surface area contributed by atoms with Crippen molar-refractivity contribution in [1.82, 2.24) is 5.32 Å². The molecule has 1 aliphatic heterocycles. The highest BCUT2D eigenvalue weighted by Crippen LogP contribution is 2.29. The molecule has 0 bridgehead atoms. The molecule has 1 saturated heterocycles. The molecule has 1 aliphatic rings. The fourth-order valence-corrected chi connectivity index (χ4v) is 3.06. The Hall–Kier alpha value is -2.07. The van der Waals surface area contributed by atoms with E-state index < -0.39 is 5.97 Å². The van der Waals surface area contributed by atoms with Gasteiger partial charge in [-0.2, -0.15) is 0 Å². The Morgan fingerprint density at radius 2 is 2.14 bits per heavy atom. The molecule has 1 unspecified atom stereocenters. The number of ether oxygens (including phenoxy) is 1. The van der Waals surface area contributed by atoms with Crippen molar-refractivity contribution in [3.05, 3.63) is 42.0 Å². The minimum absolute atomic E-state index is 0.0143. The molecule has 2 aromatic rings. The molecule has 0 saturated carbocycles. The number of nitrogens with one attached hydrogen (secondary N) is 1. The van der Waals surface area contributed by atoms with Crippen LogP contribution in [0.2, 0.25) is 0 Å². The number of fused-ring (bicyclic) bond motifs is 1. The molecule has 3 rings (SSSR count). The van der Waals surface area contributed by atoms with Crippen LogP contribution in [0.4, 0.5) is 0 Å². The van der Waals surface area contributed by atoms with Crippen molar-refractivity contribution in [3.8, 4) is 5.75 Å². The summed E-state index contributed by atoms with van der Waals surface area (Å²) in [7, 11) is 0. The van der Waals surface area contributed by atoms with E-state index in [1.807, 2.05) is 36.4 Å². The summed E-state index contributed by atoms with van der Waals surface area (Å²) in [4.78, 5) is 11.2. The number of hydrogen-bond acceptors (Lipinski definition) is 3. The zero-order valence-electron chi connectivity index (χ0n) is 12.5. The summed E-state index contributed by atoms with van der Waals surface area (Å²) in [5.74, 6) is 0.366. The number of carbonyl (C=O) groups is 1. The number of hydrogen-bond donors (Lipinski definition) is 2. The van der Waals surface area contributed by atoms with E-state index in [-0.39, 0.29) is 6.42 Å². The topological polar surface area (TPSA) is 58.6 Å². The van der Waals surface area contributed by atoms with E-state index in [9.17, 15) is 9.90 Å². The fourth-order valence-electron chi connectivity index (χ4n) is 3.06. The maximum Gasteiger partial charge on any atom is 0.307 e. The van der Waals surface area contributed by atoms with Crippen molar-refractivity contribution in [3.63, 3.8) is 0 Å². The first-order chi connectivity index (χ1) is 10.7. The third kappa shape index (κ3) is 3.39. The van der Waals surface area contributed by atoms with Gasteiger partial charge in [0, 0.05) is 18.0 Å². The van der Waals surface area contributed by atoms with Crippen LogP contribution in [0.25, 0.3) is 10.8 Å². The monoisotopic (exact) mass is 299 g/mol. The molecule has 0 aromatic heterocycles. The van der Waals surface area contributed by atoms with E-state index in [1.54, 1.807) is 0 Å². The molecule has 2 aromatic carbocycles. The van der Waals surface area contributed by atoms with E-state index >= 15 is 0 Å². The molecule has 1 heterocycles. The van der Waals surface area contributed by atoms with E-state index in [0.717, 1.165) is 35.8 Å². The van der Waals surface area contributed by atoms with Gasteiger partial charge >= 0.3 is 5.97 Å². The fraction of sp³-hybridized carbons (Fsp3) is 0.389. The second-order valence-corrected chi connectivity index (χ2v) is 5.86. The summed E-state index contributed by atoms with van der Waals surface area (Å²) < 4.78 is 5.98. The Labute approximate surface area is 130 Å². The minimum Gasteiger partial charge on any atom is -0.493 e. The van der Waals surface area contributed by atoms with Crippen LogP contribution in [-0.4, -0.2) is 30.8 Å². The Balaban J connectivity index is 1.85. The number of benzene rings is 2. The van der Waals surface area contributed by atoms with Crippen LogP contribution < -0.4 is 10.1 Å². The van der Waals surface area contributed by atoms with E-state index in [1.165, 1.54) is 6.42 Å². The lowest BCUT2D eigenvalue weighted by molar-refractivity contribution is -0.136. The molecule has 0 amide bonds. The molecule has 4 heteroatoms. The van der Waals surface area contributed by atoms with Gasteiger partial charge in [-0.15, -0.1) is 0 Å². The molecule has 0 radical (unpaired) electrons. The zero-order chi connectivity index (χ0) is 15.4. The summed E-state index contributed by atoms with van der Waals surface area (Å²) in [6, 6.07) is 11.7. The van der Waals surface area contributed by atoms with Gasteiger partial charge in [0.1, 0.15) is 5.75 Å². The predicted molar refractivity (Wildman–Crippen MR) is 86.4 cm³/mol. The smallest absolute Gasteiger partial charge is 0.307 e. The van der Waals surface area contributed by atoms with Crippen LogP contribution >= 0.6 is 0 Å². The summed E-state index contributed by atoms with van der Waals surface area (Å²) in [5, 5.41) is 14.6. The third-order valence-corrected chi connectivity index (χ3v) is 4.20. The lowest BCUT2D eigenvalue weighted by Gasteiger charge is -2.23. The van der Waals surface area contributed by atoms with Crippen molar-refractivity contribution >= 4 is 16.7 Å². The number of carboxylic acids is 1. The molecule has 1 fully saturated rings. The van der Waals surface area contributed by atoms with Crippen LogP contribution in [0, 0.1) is 5.92 Å². The Kier molecular flexibility index (Phi) is 4.59. The number of carboxylic acid groups (broad SMARTS) is 1. The summed E-state index contributed by atoms with van der Waals surface area (Å²) in [5.41, 5.74) is 0.773. The van der Waals surface area contributed by atoms with Gasteiger partial charge in [-0.3, -0.25) is 4.79 Å². The van der Waals surface area contributed by atoms with E-state index in [4.69, 9.17) is 4.74 Å². The third-order valence-electron chi connectivity index (χ3n) is 4.20. The summed E-state index contributed by atoms with van der Waals surface area (Å²) in [6.45, 7) is 2.69. The first-order valence-electron chi connectivity index (χ1n) is 7.80. The Bertz CT molecular complexity index is 662. The van der Waals surface area contributed by atoms with Crippen LogP contribution in [0.3, 0.4) is 0 Å². The van der Waals surface area contributed by atoms with Gasteiger partial charge in [-0.25, -0.2) is 0 Å². The Morgan fingerprint density at radius 1 is 1.27 bits per heavy atom. The van der Waals surface area contributed by atoms with Crippen LogP contribution in [0.1, 0.15) is 18.4 Å². The molecular formula is C18H21NO3. The van der Waals surface area contributed by atoms with Gasteiger partial charge in [-0.1, -0.05) is 30.3 Å². The van der Waals surface area contributed by atoms with Crippen LogP contribution in [0.5, 0.6) is 5.75 Å². The van der Waals surface area contributed by atoms with Gasteiger partial charge in [0.25, 0.3) is 0 Å². The average Bonchev–Trinajstić information content (AvgIpc) is 2.54. The number of rotatable bonds is 5. The van der Waals surface area contributed by atoms with Crippen LogP contribution in [-0.2, 0) is 11.2 Å². The van der Waals surface area contributed by atoms with Gasteiger partial charge in [0.2, 0.25) is 0 Å². The molecule has 0 aliphatic carbocycles. The van der Waals surface area contributed by atoms with Crippen molar-refractivity contribution in [2.45, 2.75) is 19.3 Å². The second-order valence-electron chi connectivity index (χ2n) is 5.86. The molecule has 4 nitrogen and oxygen atoms in total. The molecule has 2 N–H and O–H groups in total. The first kappa shape index (κ1) is 14.9. The number of piperidine rings is 1. The van der Waals surface area contributed by atoms with E-state index in [0.29, 0.717) is 18.3 Å². The molecule has 1 atom stereocenters. The van der Waals surface area contributed by atoms with Gasteiger partial charge < -0.3 is 15.2 Å². The average molecular weight is 299 g/mol. The van der Waals surface area contributed by atoms with Crippen LogP contribution in [0.15, 0.2) is 36.4 Å². The lowest BCUT2D eigenvalue weighted by atomic mass is 9.99. The number of aliphatic carboxylic acids is 1. The van der Waals surface area contributed by atoms with Crippen molar-refractivity contribution in [1.29, 1.82) is 0 Å². The highest BCUT2D eigenvalue weighted by Gasteiger charge is 2.16. The first-order valence-corrected chi connectivity index (χ1v) is 7.80. The molecule has 0 spiro atoms. The second kappa shape index (κ2) is 6.79. The maximum absolute atomic E-state index is 11.2. The summed E-state index contributed by atoms with van der Waals surface area (Å²) >= 11 is 0. The summed E-state index contributed by atoms with van der Waals surface area (Å²) in [6.07, 6.45) is 2.32. The van der Waals surface area contributed by atoms with Crippen molar-refractivity contribution in [2.75, 3.05) is 19.7 Å². The SMILES string of the molecule is O=C(O)Cc1c(OCC2CCCNC2)ccc2ccccc12. The standard InChI is InChI=1S/C18H21NO3/c20-18(21)10-16-15-6-2-1-5-14(15)7-8-17(16)22-12-13-4-3-9-19-11-13/h1-2,5-8,13,19H,3-4,9-12H2,(H,20,21). The minimum atomic E-state index is -0.833. The van der Waals surface area contributed by atoms with Crippen molar-refractivity contribution < 1.29 is 14.6 Å². The largest absolute Gasteiger partial charge is 0.493 e. The Morgan fingerprint density at radius 3 is 2.91 bits per heavy atom. The molecule has 116 valence electrons. The van der Waals surface area contributed by atoms with Gasteiger partial charge in [-0.05, 0) is 36.2 Å². The zero-order valence-corrected chi connectivity index (χ0v) is 12.5. The van der Waals surface area contributed by atoms with Gasteiger partial charge in [0.05, 0.1) is 13.0 Å². The molecular weight excluding hydrogens is 278 g/mol. The maximum atomic E-state index is 11.2.